The third-order valence-electron chi connectivity index (χ3n) is 2.93. The van der Waals surface area contributed by atoms with E-state index in [1.54, 1.807) is 24.5 Å². The molecule has 0 aliphatic rings. The zero-order valence-electron chi connectivity index (χ0n) is 13.1. The van der Waals surface area contributed by atoms with E-state index in [1.807, 2.05) is 43.3 Å². The van der Waals surface area contributed by atoms with Gasteiger partial charge in [0.25, 0.3) is 0 Å². The maximum absolute atomic E-state index is 11.9. The fourth-order valence-electron chi connectivity index (χ4n) is 2.05. The van der Waals surface area contributed by atoms with Gasteiger partial charge in [-0.3, -0.25) is 4.21 Å². The minimum atomic E-state index is -0.947. The Kier molecular flexibility index (Phi) is 6.17. The first kappa shape index (κ1) is 17.0. The molecule has 0 fully saturated rings. The van der Waals surface area contributed by atoms with Crippen LogP contribution in [-0.4, -0.2) is 28.3 Å². The summed E-state index contributed by atoms with van der Waals surface area (Å²) in [6.07, 6.45) is 1.61. The Bertz CT molecular complexity index is 677. The fraction of sp³-hybridized carbons (Fsp3) is 0.235. The number of rotatable bonds is 6. The molecule has 5 nitrogen and oxygen atoms in total. The molecule has 0 saturated heterocycles. The molecule has 0 aliphatic heterocycles. The number of nitrogens with one attached hydrogen (secondary N) is 2. The summed E-state index contributed by atoms with van der Waals surface area (Å²) in [5, 5.41) is 5.49. The van der Waals surface area contributed by atoms with Crippen molar-refractivity contribution in [2.75, 3.05) is 17.3 Å². The van der Waals surface area contributed by atoms with Crippen molar-refractivity contribution in [1.82, 2.24) is 5.32 Å². The number of benzene rings is 2. The van der Waals surface area contributed by atoms with Crippen LogP contribution < -0.4 is 15.4 Å². The van der Waals surface area contributed by atoms with E-state index in [-0.39, 0.29) is 12.1 Å². The molecule has 6 heteroatoms. The van der Waals surface area contributed by atoms with Crippen LogP contribution in [0.25, 0.3) is 0 Å². The highest BCUT2D eigenvalue weighted by Gasteiger charge is 2.09. The molecule has 0 unspecified atom stereocenters. The van der Waals surface area contributed by atoms with Crippen LogP contribution in [0.3, 0.4) is 0 Å². The van der Waals surface area contributed by atoms with Gasteiger partial charge in [-0.15, -0.1) is 0 Å². The molecule has 0 bridgehead atoms. The third kappa shape index (κ3) is 6.12. The van der Waals surface area contributed by atoms with Crippen molar-refractivity contribution < 1.29 is 13.7 Å². The molecule has 0 aliphatic carbocycles. The molecule has 0 aromatic heterocycles. The second-order valence-corrected chi connectivity index (χ2v) is 6.66. The molecule has 2 aromatic rings. The highest BCUT2D eigenvalue weighted by atomic mass is 32.2. The molecular formula is C17H20N2O3S. The Labute approximate surface area is 138 Å². The first-order valence-corrected chi connectivity index (χ1v) is 8.96. The number of para-hydroxylation sites is 1. The quantitative estimate of drug-likeness (QED) is 0.852. The number of hydrogen-bond acceptors (Lipinski definition) is 3. The summed E-state index contributed by atoms with van der Waals surface area (Å²) in [4.78, 5) is 11.9. The van der Waals surface area contributed by atoms with Gasteiger partial charge in [0.05, 0.1) is 0 Å². The van der Waals surface area contributed by atoms with Gasteiger partial charge in [0.1, 0.15) is 11.5 Å². The normalized spacial score (nSPS) is 13.0. The molecule has 2 rings (SSSR count). The predicted octanol–water partition coefficient (Wildman–Crippen LogP) is 3.37. The number of urea groups is 1. The van der Waals surface area contributed by atoms with E-state index in [0.29, 0.717) is 17.2 Å². The zero-order chi connectivity index (χ0) is 16.7. The summed E-state index contributed by atoms with van der Waals surface area (Å²) in [6, 6.07) is 16.1. The van der Waals surface area contributed by atoms with Crippen LogP contribution >= 0.6 is 0 Å². The van der Waals surface area contributed by atoms with Crippen molar-refractivity contribution in [3.8, 4) is 11.5 Å². The molecule has 0 heterocycles. The van der Waals surface area contributed by atoms with Gasteiger partial charge in [-0.05, 0) is 31.2 Å². The van der Waals surface area contributed by atoms with Gasteiger partial charge in [0, 0.05) is 40.6 Å². The van der Waals surface area contributed by atoms with Crippen LogP contribution in [-0.2, 0) is 10.8 Å². The summed E-state index contributed by atoms with van der Waals surface area (Å²) < 4.78 is 16.9. The lowest BCUT2D eigenvalue weighted by molar-refractivity contribution is 0.250. The SMILES string of the molecule is C[C@@H](C[S@](C)=O)NC(=O)Nc1cccc(Oc2ccccc2)c1. The number of carbonyl (C=O) groups is 1. The average molecular weight is 332 g/mol. The first-order chi connectivity index (χ1) is 11.0. The lowest BCUT2D eigenvalue weighted by Crippen LogP contribution is -2.39. The van der Waals surface area contributed by atoms with E-state index in [4.69, 9.17) is 4.74 Å². The Balaban J connectivity index is 1.94. The minimum absolute atomic E-state index is 0.162. The van der Waals surface area contributed by atoms with Crippen LogP contribution in [0.15, 0.2) is 54.6 Å². The van der Waals surface area contributed by atoms with Crippen molar-refractivity contribution >= 4 is 22.5 Å². The van der Waals surface area contributed by atoms with Gasteiger partial charge in [0.15, 0.2) is 0 Å². The fourth-order valence-corrected chi connectivity index (χ4v) is 2.83. The van der Waals surface area contributed by atoms with Gasteiger partial charge in [-0.25, -0.2) is 4.79 Å². The largest absolute Gasteiger partial charge is 0.457 e. The van der Waals surface area contributed by atoms with Crippen molar-refractivity contribution in [3.05, 3.63) is 54.6 Å². The van der Waals surface area contributed by atoms with E-state index in [1.165, 1.54) is 0 Å². The van der Waals surface area contributed by atoms with Crippen LogP contribution in [0, 0.1) is 0 Å². The smallest absolute Gasteiger partial charge is 0.319 e. The Morgan fingerprint density at radius 2 is 1.83 bits per heavy atom. The number of carbonyl (C=O) groups excluding carboxylic acids is 1. The highest BCUT2D eigenvalue weighted by molar-refractivity contribution is 7.84. The number of ether oxygens (including phenoxy) is 1. The average Bonchev–Trinajstić information content (AvgIpc) is 2.47. The van der Waals surface area contributed by atoms with E-state index in [2.05, 4.69) is 10.6 Å². The van der Waals surface area contributed by atoms with E-state index < -0.39 is 10.8 Å². The Morgan fingerprint density at radius 3 is 2.52 bits per heavy atom. The highest BCUT2D eigenvalue weighted by Crippen LogP contribution is 2.23. The molecule has 23 heavy (non-hydrogen) atoms. The van der Waals surface area contributed by atoms with Crippen molar-refractivity contribution in [2.45, 2.75) is 13.0 Å². The molecule has 122 valence electrons. The van der Waals surface area contributed by atoms with Gasteiger partial charge in [-0.1, -0.05) is 24.3 Å². The second-order valence-electron chi connectivity index (χ2n) is 5.18. The molecule has 0 saturated carbocycles. The van der Waals surface area contributed by atoms with E-state index in [0.717, 1.165) is 5.75 Å². The molecule has 2 aromatic carbocycles. The number of anilines is 1. The number of hydrogen-bond donors (Lipinski definition) is 2. The van der Waals surface area contributed by atoms with Gasteiger partial charge in [-0.2, -0.15) is 0 Å². The summed E-state index contributed by atoms with van der Waals surface area (Å²) in [5.41, 5.74) is 0.626. The third-order valence-corrected chi connectivity index (χ3v) is 3.90. The van der Waals surface area contributed by atoms with Crippen LogP contribution in [0.2, 0.25) is 0 Å². The maximum atomic E-state index is 11.9. The van der Waals surface area contributed by atoms with Crippen molar-refractivity contribution in [1.29, 1.82) is 0 Å². The molecule has 0 radical (unpaired) electrons. The van der Waals surface area contributed by atoms with E-state index in [9.17, 15) is 9.00 Å². The topological polar surface area (TPSA) is 67.4 Å². The van der Waals surface area contributed by atoms with E-state index >= 15 is 0 Å². The van der Waals surface area contributed by atoms with Gasteiger partial charge >= 0.3 is 6.03 Å². The summed E-state index contributed by atoms with van der Waals surface area (Å²) in [5.74, 6) is 1.79. The minimum Gasteiger partial charge on any atom is -0.457 e. The molecule has 2 atom stereocenters. The molecule has 2 amide bonds. The van der Waals surface area contributed by atoms with Crippen LogP contribution in [0.4, 0.5) is 10.5 Å². The van der Waals surface area contributed by atoms with Gasteiger partial charge in [0.2, 0.25) is 0 Å². The molecule has 2 N–H and O–H groups in total. The number of amides is 2. The monoisotopic (exact) mass is 332 g/mol. The summed E-state index contributed by atoms with van der Waals surface area (Å²) in [7, 11) is -0.947. The van der Waals surface area contributed by atoms with Crippen LogP contribution in [0.5, 0.6) is 11.5 Å². The van der Waals surface area contributed by atoms with Gasteiger partial charge < -0.3 is 15.4 Å². The Hall–Kier alpha value is -2.34. The molecular weight excluding hydrogens is 312 g/mol. The lowest BCUT2D eigenvalue weighted by atomic mass is 10.3. The van der Waals surface area contributed by atoms with Crippen molar-refractivity contribution in [2.24, 2.45) is 0 Å². The second kappa shape index (κ2) is 8.33. The Morgan fingerprint density at radius 1 is 1.13 bits per heavy atom. The molecule has 0 spiro atoms. The van der Waals surface area contributed by atoms with Crippen LogP contribution in [0.1, 0.15) is 6.92 Å². The zero-order valence-corrected chi connectivity index (χ0v) is 13.9. The first-order valence-electron chi connectivity index (χ1n) is 7.23. The lowest BCUT2D eigenvalue weighted by Gasteiger charge is -2.14. The predicted molar refractivity (Wildman–Crippen MR) is 93.5 cm³/mol. The summed E-state index contributed by atoms with van der Waals surface area (Å²) >= 11 is 0. The summed E-state index contributed by atoms with van der Waals surface area (Å²) in [6.45, 7) is 1.82. The maximum Gasteiger partial charge on any atom is 0.319 e. The van der Waals surface area contributed by atoms with Crippen molar-refractivity contribution in [3.63, 3.8) is 0 Å². The standard InChI is InChI=1S/C17H20N2O3S/c1-13(12-23(2)21)18-17(20)19-14-7-6-10-16(11-14)22-15-8-4-3-5-9-15/h3-11,13H,12H2,1-2H3,(H2,18,19,20)/t13-,23-/m0/s1.